The van der Waals surface area contributed by atoms with Gasteiger partial charge in [0.1, 0.15) is 11.5 Å². The van der Waals surface area contributed by atoms with Crippen molar-refractivity contribution in [3.63, 3.8) is 0 Å². The first-order chi connectivity index (χ1) is 21.3. The second-order valence-electron chi connectivity index (χ2n) is 9.08. The second kappa shape index (κ2) is 16.6. The van der Waals surface area contributed by atoms with E-state index in [-0.39, 0.29) is 36.2 Å². The average Bonchev–Trinajstić information content (AvgIpc) is 3.02. The van der Waals surface area contributed by atoms with Crippen LogP contribution in [0.3, 0.4) is 0 Å². The molecule has 3 aromatic carbocycles. The van der Waals surface area contributed by atoms with Crippen LogP contribution in [0.1, 0.15) is 22.3 Å². The third-order valence-corrected chi connectivity index (χ3v) is 5.89. The van der Waals surface area contributed by atoms with Crippen LogP contribution >= 0.6 is 0 Å². The van der Waals surface area contributed by atoms with E-state index in [1.807, 2.05) is 0 Å². The van der Waals surface area contributed by atoms with E-state index in [1.54, 1.807) is 60.7 Å². The molecule has 0 saturated heterocycles. The maximum Gasteiger partial charge on any atom is 0.277 e. The third-order valence-electron chi connectivity index (χ3n) is 5.89. The maximum atomic E-state index is 12.1. The van der Waals surface area contributed by atoms with E-state index in [0.717, 1.165) is 0 Å². The zero-order valence-corrected chi connectivity index (χ0v) is 24.4. The largest absolute Gasteiger partial charge is 0.504 e. The lowest BCUT2D eigenvalue weighted by molar-refractivity contribution is -0.123. The van der Waals surface area contributed by atoms with Gasteiger partial charge in [-0.3, -0.25) is 9.59 Å². The molecule has 12 heteroatoms. The topological polar surface area (TPSA) is 160 Å². The van der Waals surface area contributed by atoms with E-state index >= 15 is 0 Å². The van der Waals surface area contributed by atoms with Crippen LogP contribution in [0.2, 0.25) is 0 Å². The van der Waals surface area contributed by atoms with Crippen LogP contribution in [0, 0.1) is 0 Å². The lowest BCUT2D eigenvalue weighted by Crippen LogP contribution is -2.25. The Morgan fingerprint density at radius 2 is 1.11 bits per heavy atom. The normalized spacial score (nSPS) is 10.8. The molecule has 0 aliphatic carbocycles. The molecule has 0 spiro atoms. The van der Waals surface area contributed by atoms with Crippen LogP contribution in [0.5, 0.6) is 34.5 Å². The number of hydrazone groups is 2. The molecule has 4 N–H and O–H groups in total. The summed E-state index contributed by atoms with van der Waals surface area (Å²) in [6.45, 7) is 6.76. The van der Waals surface area contributed by atoms with E-state index in [0.29, 0.717) is 46.6 Å². The Labute approximate surface area is 254 Å². The smallest absolute Gasteiger partial charge is 0.277 e. The van der Waals surface area contributed by atoms with Crippen molar-refractivity contribution in [3.8, 4) is 34.5 Å². The van der Waals surface area contributed by atoms with Crippen molar-refractivity contribution >= 4 is 24.2 Å². The number of phenols is 2. The quantitative estimate of drug-likeness (QED) is 0.110. The summed E-state index contributed by atoms with van der Waals surface area (Å²) < 4.78 is 21.3. The molecule has 44 heavy (non-hydrogen) atoms. The highest BCUT2D eigenvalue weighted by Gasteiger charge is 2.11. The number of nitrogens with one attached hydrogen (secondary N) is 2. The molecule has 2 amide bonds. The van der Waals surface area contributed by atoms with Crippen molar-refractivity contribution in [2.24, 2.45) is 10.2 Å². The molecule has 0 aliphatic heterocycles. The second-order valence-corrected chi connectivity index (χ2v) is 9.08. The van der Waals surface area contributed by atoms with Crippen molar-refractivity contribution < 1.29 is 38.7 Å². The standard InChI is InChI=1S/C32H34N4O8/c1-5-7-23-13-21(15-27(41-3)31(23)39)17-33-35-29(37)19-43-25-9-11-26(12-10-25)44-20-30(38)36-34-18-22-14-24(8-6-2)32(40)28(16-22)42-4/h5-6,9-18,39-40H,1-2,7-8,19-20H2,3-4H3,(H,35,37)(H,36,38)/b33-17+,34-18+. The minimum atomic E-state index is -0.487. The van der Waals surface area contributed by atoms with Gasteiger partial charge in [-0.15, -0.1) is 13.2 Å². The fourth-order valence-corrected chi connectivity index (χ4v) is 3.81. The number of carbonyl (C=O) groups excluding carboxylic acids is 2. The van der Waals surface area contributed by atoms with E-state index < -0.39 is 11.8 Å². The monoisotopic (exact) mass is 602 g/mol. The van der Waals surface area contributed by atoms with Gasteiger partial charge in [-0.25, -0.2) is 10.9 Å². The zero-order chi connectivity index (χ0) is 31.9. The molecule has 3 rings (SSSR count). The first kappa shape index (κ1) is 32.7. The van der Waals surface area contributed by atoms with Gasteiger partial charge in [0.2, 0.25) is 0 Å². The van der Waals surface area contributed by atoms with Gasteiger partial charge >= 0.3 is 0 Å². The molecule has 12 nitrogen and oxygen atoms in total. The molecule has 0 aliphatic rings. The lowest BCUT2D eigenvalue weighted by atomic mass is 10.1. The van der Waals surface area contributed by atoms with Crippen molar-refractivity contribution in [2.45, 2.75) is 12.8 Å². The van der Waals surface area contributed by atoms with Gasteiger partial charge in [-0.05, 0) is 72.5 Å². The summed E-state index contributed by atoms with van der Waals surface area (Å²) in [7, 11) is 2.89. The predicted octanol–water partition coefficient (Wildman–Crippen LogP) is 3.63. The number of nitrogens with zero attached hydrogens (tertiary/aromatic N) is 2. The van der Waals surface area contributed by atoms with Gasteiger partial charge in [0.05, 0.1) is 26.6 Å². The Bertz CT molecular complexity index is 1420. The lowest BCUT2D eigenvalue weighted by Gasteiger charge is -2.09. The van der Waals surface area contributed by atoms with Crippen molar-refractivity contribution in [3.05, 3.63) is 96.1 Å². The third kappa shape index (κ3) is 9.65. The number of rotatable bonds is 16. The highest BCUT2D eigenvalue weighted by atomic mass is 16.5. The summed E-state index contributed by atoms with van der Waals surface area (Å²) in [5.74, 6) is 0.456. The van der Waals surface area contributed by atoms with E-state index in [2.05, 4.69) is 34.2 Å². The van der Waals surface area contributed by atoms with Crippen LogP contribution in [-0.2, 0) is 22.4 Å². The molecule has 0 radical (unpaired) electrons. The number of methoxy groups -OCH3 is 2. The molecule has 0 fully saturated rings. The minimum Gasteiger partial charge on any atom is -0.504 e. The van der Waals surface area contributed by atoms with Crippen molar-refractivity contribution in [1.29, 1.82) is 0 Å². The molecule has 0 saturated carbocycles. The van der Waals surface area contributed by atoms with Crippen LogP contribution < -0.4 is 29.8 Å². The maximum absolute atomic E-state index is 12.1. The van der Waals surface area contributed by atoms with Crippen LogP contribution in [-0.4, -0.2) is 61.9 Å². The number of amides is 2. The summed E-state index contributed by atoms with van der Waals surface area (Å²) >= 11 is 0. The number of phenolic OH excluding ortho intramolecular Hbond substituents is 2. The van der Waals surface area contributed by atoms with Gasteiger partial charge in [0.15, 0.2) is 36.2 Å². The fraction of sp³-hybridized carbons (Fsp3) is 0.188. The number of benzene rings is 3. The Morgan fingerprint density at radius 3 is 1.45 bits per heavy atom. The van der Waals surface area contributed by atoms with E-state index in [9.17, 15) is 19.8 Å². The van der Waals surface area contributed by atoms with Crippen molar-refractivity contribution in [2.75, 3.05) is 27.4 Å². The highest BCUT2D eigenvalue weighted by molar-refractivity contribution is 5.85. The molecular weight excluding hydrogens is 568 g/mol. The molecule has 3 aromatic rings. The first-order valence-corrected chi connectivity index (χ1v) is 13.3. The summed E-state index contributed by atoms with van der Waals surface area (Å²) in [4.78, 5) is 24.3. The van der Waals surface area contributed by atoms with Gasteiger partial charge in [0, 0.05) is 11.1 Å². The number of hydrogen-bond donors (Lipinski definition) is 4. The Morgan fingerprint density at radius 1 is 0.727 bits per heavy atom. The number of ether oxygens (including phenoxy) is 4. The molecule has 0 unspecified atom stereocenters. The first-order valence-electron chi connectivity index (χ1n) is 13.3. The SMILES string of the molecule is C=CCc1cc(/C=N/NC(=O)COc2ccc(OCC(=O)N/N=C/c3cc(CC=C)c(O)c(OC)c3)cc2)cc(OC)c1O. The molecular formula is C32H34N4O8. The summed E-state index contributed by atoms with van der Waals surface area (Å²) in [6, 6.07) is 12.9. The Balaban J connectivity index is 1.43. The fourth-order valence-electron chi connectivity index (χ4n) is 3.81. The van der Waals surface area contributed by atoms with Gasteiger partial charge in [-0.1, -0.05) is 12.2 Å². The Hall–Kier alpha value is -5.78. The van der Waals surface area contributed by atoms with Gasteiger partial charge in [0.25, 0.3) is 11.8 Å². The van der Waals surface area contributed by atoms with E-state index in [4.69, 9.17) is 18.9 Å². The summed E-state index contributed by atoms with van der Waals surface area (Å²) in [6.07, 6.45) is 7.02. The van der Waals surface area contributed by atoms with E-state index in [1.165, 1.54) is 26.6 Å². The average molecular weight is 603 g/mol. The zero-order valence-electron chi connectivity index (χ0n) is 24.4. The minimum absolute atomic E-state index is 0.0257. The molecule has 0 bridgehead atoms. The van der Waals surface area contributed by atoms with Crippen LogP contribution in [0.25, 0.3) is 0 Å². The number of aromatic hydroxyl groups is 2. The van der Waals surface area contributed by atoms with Crippen LogP contribution in [0.4, 0.5) is 0 Å². The van der Waals surface area contributed by atoms with Crippen LogP contribution in [0.15, 0.2) is 84.0 Å². The summed E-state index contributed by atoms with van der Waals surface area (Å²) in [5.41, 5.74) is 7.20. The molecule has 0 atom stereocenters. The van der Waals surface area contributed by atoms with Crippen molar-refractivity contribution in [1.82, 2.24) is 10.9 Å². The molecule has 0 heterocycles. The number of carbonyl (C=O) groups is 2. The van der Waals surface area contributed by atoms with Gasteiger partial charge in [-0.2, -0.15) is 10.2 Å². The predicted molar refractivity (Wildman–Crippen MR) is 166 cm³/mol. The Kier molecular flexibility index (Phi) is 12.4. The van der Waals surface area contributed by atoms with Gasteiger partial charge < -0.3 is 29.2 Å². The number of hydrogen-bond acceptors (Lipinski definition) is 10. The highest BCUT2D eigenvalue weighted by Crippen LogP contribution is 2.32. The molecule has 0 aromatic heterocycles. The molecule has 230 valence electrons. The number of allylic oxidation sites excluding steroid dienone is 2. The summed E-state index contributed by atoms with van der Waals surface area (Å²) in [5, 5.41) is 28.2.